The second kappa shape index (κ2) is 6.89. The summed E-state index contributed by atoms with van der Waals surface area (Å²) in [5, 5.41) is 5.44. The van der Waals surface area contributed by atoms with Crippen LogP contribution in [0.3, 0.4) is 0 Å². The molecule has 2 aliphatic rings. The predicted molar refractivity (Wildman–Crippen MR) is 96.0 cm³/mol. The normalized spacial score (nSPS) is 27.2. The SMILES string of the molecule is O=C(NCC1(c2ccccc2)C2CC[NH2+]CC21)OCc1ccccc1. The molecular formula is C21H25N2O2+. The zero-order valence-corrected chi connectivity index (χ0v) is 14.4. The zero-order valence-electron chi connectivity index (χ0n) is 14.4. The number of carbonyl (C=O) groups excluding carboxylic acids is 1. The maximum absolute atomic E-state index is 12.2. The average Bonchev–Trinajstić information content (AvgIpc) is 3.35. The van der Waals surface area contributed by atoms with Gasteiger partial charge in [-0.05, 0) is 17.0 Å². The van der Waals surface area contributed by atoms with Crippen molar-refractivity contribution in [2.24, 2.45) is 11.8 Å². The quantitative estimate of drug-likeness (QED) is 0.877. The topological polar surface area (TPSA) is 54.9 Å². The van der Waals surface area contributed by atoms with Gasteiger partial charge in [0.2, 0.25) is 0 Å². The van der Waals surface area contributed by atoms with Crippen LogP contribution in [0.5, 0.6) is 0 Å². The number of nitrogens with two attached hydrogens (primary N) is 1. The number of hydrogen-bond acceptors (Lipinski definition) is 2. The standard InChI is InChI=1S/C21H24N2O2/c24-20(25-14-16-7-3-1-4-8-16)23-15-21(17-9-5-2-6-10-17)18-11-12-22-13-19(18)21/h1-10,18-19,22H,11-15H2,(H,23,24)/p+1. The molecule has 2 fully saturated rings. The first kappa shape index (κ1) is 16.2. The summed E-state index contributed by atoms with van der Waals surface area (Å²) >= 11 is 0. The molecule has 0 spiro atoms. The van der Waals surface area contributed by atoms with Gasteiger partial charge in [-0.25, -0.2) is 4.79 Å². The smallest absolute Gasteiger partial charge is 0.407 e. The molecule has 1 aliphatic carbocycles. The summed E-state index contributed by atoms with van der Waals surface area (Å²) in [5.41, 5.74) is 2.44. The van der Waals surface area contributed by atoms with Crippen molar-refractivity contribution in [1.29, 1.82) is 0 Å². The Bertz CT molecular complexity index is 705. The molecule has 130 valence electrons. The molecule has 0 bridgehead atoms. The van der Waals surface area contributed by atoms with Crippen molar-refractivity contribution in [1.82, 2.24) is 5.32 Å². The fourth-order valence-corrected chi connectivity index (χ4v) is 4.57. The van der Waals surface area contributed by atoms with Crippen molar-refractivity contribution in [3.05, 3.63) is 71.8 Å². The Hall–Kier alpha value is -2.33. The fraction of sp³-hybridized carbons (Fsp3) is 0.381. The highest BCUT2D eigenvalue weighted by Crippen LogP contribution is 2.61. The third-order valence-corrected chi connectivity index (χ3v) is 5.85. The molecule has 4 nitrogen and oxygen atoms in total. The molecule has 3 atom stereocenters. The average molecular weight is 337 g/mol. The number of carbonyl (C=O) groups is 1. The zero-order chi connectivity index (χ0) is 17.1. The van der Waals surface area contributed by atoms with Gasteiger partial charge in [-0.15, -0.1) is 0 Å². The third-order valence-electron chi connectivity index (χ3n) is 5.85. The number of hydrogen-bond donors (Lipinski definition) is 2. The van der Waals surface area contributed by atoms with Gasteiger partial charge in [-0.1, -0.05) is 60.7 Å². The number of rotatable bonds is 5. The number of amides is 1. The van der Waals surface area contributed by atoms with Gasteiger partial charge >= 0.3 is 6.09 Å². The van der Waals surface area contributed by atoms with Crippen molar-refractivity contribution in [3.8, 4) is 0 Å². The van der Waals surface area contributed by atoms with Crippen LogP contribution in [0.15, 0.2) is 60.7 Å². The summed E-state index contributed by atoms with van der Waals surface area (Å²) < 4.78 is 5.38. The van der Waals surface area contributed by atoms with Gasteiger partial charge in [0.05, 0.1) is 13.1 Å². The van der Waals surface area contributed by atoms with Crippen molar-refractivity contribution in [3.63, 3.8) is 0 Å². The minimum atomic E-state index is -0.327. The molecule has 2 aromatic carbocycles. The molecule has 25 heavy (non-hydrogen) atoms. The lowest BCUT2D eigenvalue weighted by Gasteiger charge is -2.19. The van der Waals surface area contributed by atoms with E-state index in [1.54, 1.807) is 0 Å². The van der Waals surface area contributed by atoms with Crippen molar-refractivity contribution in [2.45, 2.75) is 18.4 Å². The van der Waals surface area contributed by atoms with E-state index >= 15 is 0 Å². The van der Waals surface area contributed by atoms with Crippen LogP contribution in [0.4, 0.5) is 4.79 Å². The van der Waals surface area contributed by atoms with Crippen LogP contribution in [0.1, 0.15) is 17.5 Å². The number of alkyl carbamates (subject to hydrolysis) is 1. The number of fused-ring (bicyclic) bond motifs is 1. The van der Waals surface area contributed by atoms with Crippen molar-refractivity contribution >= 4 is 6.09 Å². The minimum Gasteiger partial charge on any atom is -0.445 e. The highest BCUT2D eigenvalue weighted by molar-refractivity contribution is 5.67. The van der Waals surface area contributed by atoms with Crippen LogP contribution in [-0.2, 0) is 16.8 Å². The van der Waals surface area contributed by atoms with Crippen LogP contribution < -0.4 is 10.6 Å². The molecule has 0 radical (unpaired) electrons. The highest BCUT2D eigenvalue weighted by Gasteiger charge is 2.66. The van der Waals surface area contributed by atoms with Gasteiger partial charge in [0.1, 0.15) is 6.61 Å². The van der Waals surface area contributed by atoms with E-state index in [2.05, 4.69) is 41.0 Å². The molecule has 1 aliphatic heterocycles. The number of piperidine rings is 1. The van der Waals surface area contributed by atoms with E-state index in [1.165, 1.54) is 18.5 Å². The molecule has 1 amide bonds. The van der Waals surface area contributed by atoms with Crippen LogP contribution in [-0.4, -0.2) is 25.7 Å². The fourth-order valence-electron chi connectivity index (χ4n) is 4.57. The predicted octanol–water partition coefficient (Wildman–Crippen LogP) is 2.06. The number of nitrogens with one attached hydrogen (secondary N) is 1. The maximum Gasteiger partial charge on any atom is 0.407 e. The highest BCUT2D eigenvalue weighted by atomic mass is 16.5. The molecule has 0 aromatic heterocycles. The molecule has 4 rings (SSSR count). The van der Waals surface area contributed by atoms with Gasteiger partial charge in [0.15, 0.2) is 0 Å². The van der Waals surface area contributed by atoms with Crippen LogP contribution in [0.2, 0.25) is 0 Å². The monoisotopic (exact) mass is 337 g/mol. The van der Waals surface area contributed by atoms with Crippen LogP contribution in [0.25, 0.3) is 0 Å². The second-order valence-corrected chi connectivity index (χ2v) is 7.14. The maximum atomic E-state index is 12.2. The Morgan fingerprint density at radius 3 is 2.48 bits per heavy atom. The first-order chi connectivity index (χ1) is 12.3. The summed E-state index contributed by atoms with van der Waals surface area (Å²) in [6.07, 6.45) is 0.895. The summed E-state index contributed by atoms with van der Waals surface area (Å²) in [5.74, 6) is 1.33. The molecule has 1 saturated heterocycles. The van der Waals surface area contributed by atoms with Crippen LogP contribution in [0, 0.1) is 11.8 Å². The minimum absolute atomic E-state index is 0.0834. The Morgan fingerprint density at radius 2 is 1.80 bits per heavy atom. The molecule has 3 unspecified atom stereocenters. The second-order valence-electron chi connectivity index (χ2n) is 7.14. The first-order valence-electron chi connectivity index (χ1n) is 9.12. The van der Waals surface area contributed by atoms with Crippen molar-refractivity contribution < 1.29 is 14.8 Å². The number of quaternary nitrogens is 1. The van der Waals surface area contributed by atoms with Gasteiger partial charge in [-0.2, -0.15) is 0 Å². The number of benzene rings is 2. The van der Waals surface area contributed by atoms with E-state index in [0.29, 0.717) is 25.0 Å². The molecule has 1 saturated carbocycles. The lowest BCUT2D eigenvalue weighted by Crippen LogP contribution is -2.86. The van der Waals surface area contributed by atoms with Gasteiger partial charge in [0.25, 0.3) is 0 Å². The summed E-state index contributed by atoms with van der Waals surface area (Å²) in [6, 6.07) is 20.4. The Balaban J connectivity index is 1.40. The molecule has 1 heterocycles. The van der Waals surface area contributed by atoms with Gasteiger partial charge in [0, 0.05) is 24.3 Å². The summed E-state index contributed by atoms with van der Waals surface area (Å²) in [6.45, 7) is 3.31. The van der Waals surface area contributed by atoms with E-state index in [4.69, 9.17) is 4.74 Å². The Labute approximate surface area is 148 Å². The molecule has 3 N–H and O–H groups in total. The molecule has 2 aromatic rings. The summed E-state index contributed by atoms with van der Waals surface area (Å²) in [4.78, 5) is 12.2. The number of ether oxygens (including phenoxy) is 1. The largest absolute Gasteiger partial charge is 0.445 e. The lowest BCUT2D eigenvalue weighted by molar-refractivity contribution is -0.664. The molecule has 4 heteroatoms. The van der Waals surface area contributed by atoms with E-state index < -0.39 is 0 Å². The van der Waals surface area contributed by atoms with E-state index in [9.17, 15) is 4.79 Å². The van der Waals surface area contributed by atoms with Crippen LogP contribution >= 0.6 is 0 Å². The Morgan fingerprint density at radius 1 is 1.08 bits per heavy atom. The van der Waals surface area contributed by atoms with E-state index in [0.717, 1.165) is 12.1 Å². The first-order valence-corrected chi connectivity index (χ1v) is 9.12. The van der Waals surface area contributed by atoms with E-state index in [1.807, 2.05) is 30.3 Å². The molecular weight excluding hydrogens is 312 g/mol. The Kier molecular flexibility index (Phi) is 4.45. The van der Waals surface area contributed by atoms with Crippen molar-refractivity contribution in [2.75, 3.05) is 19.6 Å². The third kappa shape index (κ3) is 3.14. The van der Waals surface area contributed by atoms with E-state index in [-0.39, 0.29) is 11.5 Å². The lowest BCUT2D eigenvalue weighted by atomic mass is 9.91. The summed E-state index contributed by atoms with van der Waals surface area (Å²) in [7, 11) is 0. The van der Waals surface area contributed by atoms with Gasteiger partial charge < -0.3 is 15.4 Å². The van der Waals surface area contributed by atoms with Gasteiger partial charge in [-0.3, -0.25) is 0 Å².